The SMILES string of the molecule is C[N-]Cc1cc(F)ccc1Pc1cc(-c2ccccc2)cc(-c2ccccc2)c1O.[Cl][Ti+]. The van der Waals surface area contributed by atoms with E-state index >= 15 is 0 Å². The van der Waals surface area contributed by atoms with Gasteiger partial charge >= 0.3 is 28.7 Å². The number of rotatable bonds is 6. The van der Waals surface area contributed by atoms with Crippen molar-refractivity contribution in [3.05, 3.63) is 108 Å². The summed E-state index contributed by atoms with van der Waals surface area (Å²) in [6.07, 6.45) is 0. The first-order valence-corrected chi connectivity index (χ1v) is 13.1. The van der Waals surface area contributed by atoms with Crippen molar-refractivity contribution in [3.8, 4) is 28.0 Å². The molecular weight excluding hydrogens is 476 g/mol. The van der Waals surface area contributed by atoms with E-state index in [4.69, 9.17) is 0 Å². The van der Waals surface area contributed by atoms with Gasteiger partial charge in [-0.15, -0.1) is 6.54 Å². The van der Waals surface area contributed by atoms with Crippen molar-refractivity contribution < 1.29 is 28.9 Å². The fraction of sp³-hybridized carbons (Fsp3) is 0.0769. The van der Waals surface area contributed by atoms with Gasteiger partial charge in [0.1, 0.15) is 11.6 Å². The van der Waals surface area contributed by atoms with Crippen LogP contribution in [0.1, 0.15) is 5.56 Å². The molecule has 0 spiro atoms. The second kappa shape index (κ2) is 12.3. The molecule has 0 amide bonds. The number of phenolic OH excluding ortho intramolecular Hbond substituents is 1. The Hall–Kier alpha value is -2.00. The summed E-state index contributed by atoms with van der Waals surface area (Å²) in [6, 6.07) is 28.9. The van der Waals surface area contributed by atoms with Crippen LogP contribution < -0.4 is 10.6 Å². The molecule has 0 radical (unpaired) electrons. The van der Waals surface area contributed by atoms with E-state index in [1.165, 1.54) is 31.5 Å². The number of nitrogens with zero attached hydrogens (tertiary/aromatic N) is 1. The van der Waals surface area contributed by atoms with Gasteiger partial charge in [-0.05, 0) is 46.3 Å². The van der Waals surface area contributed by atoms with Gasteiger partial charge in [0.2, 0.25) is 0 Å². The van der Waals surface area contributed by atoms with Crippen LogP contribution >= 0.6 is 17.9 Å². The van der Waals surface area contributed by atoms with E-state index in [1.54, 1.807) is 13.1 Å². The van der Waals surface area contributed by atoms with E-state index in [1.807, 2.05) is 60.7 Å². The average molecular weight is 498 g/mol. The van der Waals surface area contributed by atoms with E-state index in [2.05, 4.69) is 26.8 Å². The summed E-state index contributed by atoms with van der Waals surface area (Å²) in [6.45, 7) is 0.449. The molecule has 4 aromatic rings. The first kappa shape index (κ1) is 24.6. The van der Waals surface area contributed by atoms with Gasteiger partial charge in [0, 0.05) is 10.9 Å². The van der Waals surface area contributed by atoms with Gasteiger partial charge in [-0.25, -0.2) is 4.39 Å². The van der Waals surface area contributed by atoms with Crippen LogP contribution in [0.15, 0.2) is 91.0 Å². The van der Waals surface area contributed by atoms with Crippen molar-refractivity contribution in [1.29, 1.82) is 0 Å². The molecule has 6 heteroatoms. The molecule has 2 nitrogen and oxygen atoms in total. The molecule has 0 saturated carbocycles. The third-order valence-electron chi connectivity index (χ3n) is 4.97. The van der Waals surface area contributed by atoms with Gasteiger partial charge in [-0.3, -0.25) is 0 Å². The number of benzene rings is 4. The summed E-state index contributed by atoms with van der Waals surface area (Å²) in [5, 5.41) is 17.2. The summed E-state index contributed by atoms with van der Waals surface area (Å²) in [7, 11) is 6.55. The van der Waals surface area contributed by atoms with Crippen molar-refractivity contribution in [2.75, 3.05) is 7.05 Å². The maximum atomic E-state index is 13.8. The molecule has 4 aromatic carbocycles. The quantitative estimate of drug-likeness (QED) is 0.234. The Kier molecular flexibility index (Phi) is 9.47. The van der Waals surface area contributed by atoms with Gasteiger partial charge in [0.25, 0.3) is 0 Å². The zero-order chi connectivity index (χ0) is 22.9. The third kappa shape index (κ3) is 6.07. The normalized spacial score (nSPS) is 10.7. The third-order valence-corrected chi connectivity index (χ3v) is 6.37. The first-order valence-electron chi connectivity index (χ1n) is 9.93. The Balaban J connectivity index is 0.00000141. The fourth-order valence-corrected chi connectivity index (χ4v) is 4.74. The fourth-order valence-electron chi connectivity index (χ4n) is 3.50. The van der Waals surface area contributed by atoms with Gasteiger partial charge < -0.3 is 10.4 Å². The monoisotopic (exact) mass is 497 g/mol. The molecule has 0 aliphatic heterocycles. The molecule has 1 N–H and O–H groups in total. The average Bonchev–Trinajstić information content (AvgIpc) is 2.84. The van der Waals surface area contributed by atoms with Crippen molar-refractivity contribution in [2.45, 2.75) is 6.54 Å². The van der Waals surface area contributed by atoms with Gasteiger partial charge in [-0.1, -0.05) is 80.9 Å². The molecule has 0 fully saturated rings. The first-order chi connectivity index (χ1) is 15.7. The van der Waals surface area contributed by atoms with Crippen LogP contribution in [0.4, 0.5) is 4.39 Å². The standard InChI is InChI=1S/C26H22FNOP.ClH.Ti/c1-28-17-21-14-22(27)12-13-24(21)30-25-16-20(18-8-4-2-5-9-18)15-23(26(25)29)19-10-6-3-7-11-19;;/h2-16,29-30H,17H2,1H3;1H;/q-1;;+2/p-1. The zero-order valence-corrected chi connectivity index (χ0v) is 20.8. The molecular formula is C26H22ClFNOPTi. The van der Waals surface area contributed by atoms with Crippen LogP contribution in [0.5, 0.6) is 5.75 Å². The molecule has 1 unspecified atom stereocenters. The zero-order valence-electron chi connectivity index (χ0n) is 17.5. The second-order valence-corrected chi connectivity index (χ2v) is 8.38. The van der Waals surface area contributed by atoms with E-state index in [-0.39, 0.29) is 20.1 Å². The minimum absolute atomic E-state index is 0.186. The Labute approximate surface area is 205 Å². The Morgan fingerprint density at radius 1 is 0.812 bits per heavy atom. The Morgan fingerprint density at radius 2 is 1.44 bits per heavy atom. The second-order valence-electron chi connectivity index (χ2n) is 7.05. The number of hydrogen-bond donors (Lipinski definition) is 1. The molecule has 32 heavy (non-hydrogen) atoms. The van der Waals surface area contributed by atoms with E-state index in [9.17, 15) is 9.50 Å². The maximum absolute atomic E-state index is 13.8. The number of phenols is 1. The Bertz CT molecular complexity index is 1160. The van der Waals surface area contributed by atoms with Gasteiger partial charge in [0.15, 0.2) is 0 Å². The van der Waals surface area contributed by atoms with Crippen molar-refractivity contribution in [2.24, 2.45) is 0 Å². The van der Waals surface area contributed by atoms with Crippen LogP contribution in [-0.2, 0) is 25.9 Å². The van der Waals surface area contributed by atoms with Crippen LogP contribution in [0.2, 0.25) is 0 Å². The minimum atomic E-state index is -0.269. The van der Waals surface area contributed by atoms with E-state index in [0.717, 1.165) is 38.4 Å². The summed E-state index contributed by atoms with van der Waals surface area (Å²) < 4.78 is 13.8. The van der Waals surface area contributed by atoms with Gasteiger partial charge in [-0.2, -0.15) is 7.05 Å². The summed E-state index contributed by atoms with van der Waals surface area (Å²) in [5.41, 5.74) is 4.73. The molecule has 0 aromatic heterocycles. The van der Waals surface area contributed by atoms with E-state index < -0.39 is 0 Å². The molecule has 0 heterocycles. The van der Waals surface area contributed by atoms with E-state index in [0.29, 0.717) is 6.54 Å². The predicted molar refractivity (Wildman–Crippen MR) is 132 cm³/mol. The topological polar surface area (TPSA) is 34.3 Å². The molecule has 0 saturated heterocycles. The van der Waals surface area contributed by atoms with Crippen LogP contribution in [0.25, 0.3) is 27.6 Å². The predicted octanol–water partition coefficient (Wildman–Crippen LogP) is 6.69. The molecule has 0 aliphatic rings. The Morgan fingerprint density at radius 3 is 2.06 bits per heavy atom. The molecule has 1 atom stereocenters. The summed E-state index contributed by atoms with van der Waals surface area (Å²) in [4.78, 5) is 0. The van der Waals surface area contributed by atoms with Crippen LogP contribution in [-0.4, -0.2) is 12.2 Å². The summed E-state index contributed by atoms with van der Waals surface area (Å²) >= 11 is 1.47. The number of aromatic hydroxyl groups is 1. The summed E-state index contributed by atoms with van der Waals surface area (Å²) in [5.74, 6) is -0.00244. The molecule has 0 aliphatic carbocycles. The van der Waals surface area contributed by atoms with Crippen molar-refractivity contribution in [1.82, 2.24) is 0 Å². The number of hydrogen-bond acceptors (Lipinski definition) is 1. The van der Waals surface area contributed by atoms with Crippen LogP contribution in [0, 0.1) is 5.82 Å². The molecule has 160 valence electrons. The van der Waals surface area contributed by atoms with Crippen LogP contribution in [0.3, 0.4) is 0 Å². The van der Waals surface area contributed by atoms with Crippen molar-refractivity contribution in [3.63, 3.8) is 0 Å². The number of halogens is 2. The van der Waals surface area contributed by atoms with Gasteiger partial charge in [0.05, 0.1) is 0 Å². The van der Waals surface area contributed by atoms with Crippen molar-refractivity contribution >= 4 is 28.5 Å². The molecule has 0 bridgehead atoms. The molecule has 4 rings (SSSR count).